The van der Waals surface area contributed by atoms with Gasteiger partial charge in [-0.2, -0.15) is 4.68 Å². The maximum atomic E-state index is 13.1. The first-order valence-electron chi connectivity index (χ1n) is 10.4. The molecule has 2 aliphatic heterocycles. The summed E-state index contributed by atoms with van der Waals surface area (Å²) < 4.78 is 2.09. The first-order chi connectivity index (χ1) is 15.4. The van der Waals surface area contributed by atoms with E-state index in [-0.39, 0.29) is 24.8 Å². The van der Waals surface area contributed by atoms with Crippen LogP contribution in [-0.4, -0.2) is 79.5 Å². The van der Waals surface area contributed by atoms with Crippen LogP contribution in [0.4, 0.5) is 10.5 Å². The highest BCUT2D eigenvalue weighted by atomic mass is 16.4. The molecule has 2 aliphatic rings. The van der Waals surface area contributed by atoms with Gasteiger partial charge in [0.05, 0.1) is 18.8 Å². The highest BCUT2D eigenvalue weighted by molar-refractivity contribution is 5.95. The number of fused-ring (bicyclic) bond motifs is 1. The van der Waals surface area contributed by atoms with E-state index in [1.807, 2.05) is 12.1 Å². The van der Waals surface area contributed by atoms with Crippen molar-refractivity contribution in [2.24, 2.45) is 0 Å². The number of carbonyl (C=O) groups is 2. The lowest BCUT2D eigenvalue weighted by Crippen LogP contribution is -2.44. The Morgan fingerprint density at radius 2 is 1.78 bits per heavy atom. The van der Waals surface area contributed by atoms with Crippen LogP contribution in [0.2, 0.25) is 0 Å². The number of nitrogens with one attached hydrogen (secondary N) is 1. The summed E-state index contributed by atoms with van der Waals surface area (Å²) in [5.41, 5.74) is 2.13. The molecule has 2 aromatic heterocycles. The number of piperazine rings is 1. The zero-order valence-electron chi connectivity index (χ0n) is 17.6. The normalized spacial score (nSPS) is 16.4. The Morgan fingerprint density at radius 1 is 1.06 bits per heavy atom. The van der Waals surface area contributed by atoms with E-state index in [4.69, 9.17) is 0 Å². The van der Waals surface area contributed by atoms with E-state index >= 15 is 0 Å². The van der Waals surface area contributed by atoms with Crippen LogP contribution >= 0.6 is 0 Å². The Morgan fingerprint density at radius 3 is 2.41 bits per heavy atom. The number of likely N-dealkylation sites (N-methyl/N-ethyl adjacent to an activating group) is 1. The van der Waals surface area contributed by atoms with Crippen LogP contribution < -0.4 is 10.6 Å². The number of rotatable bonds is 3. The van der Waals surface area contributed by atoms with Crippen molar-refractivity contribution in [1.82, 2.24) is 29.1 Å². The molecule has 1 aromatic carbocycles. The van der Waals surface area contributed by atoms with Gasteiger partial charge < -0.3 is 24.8 Å². The van der Waals surface area contributed by atoms with Gasteiger partial charge >= 0.3 is 11.8 Å². The summed E-state index contributed by atoms with van der Waals surface area (Å²) in [6.45, 7) is 4.16. The third kappa shape index (κ3) is 3.36. The Bertz CT molecular complexity index is 1230. The molecule has 0 radical (unpaired) electrons. The third-order valence-corrected chi connectivity index (χ3v) is 6.09. The summed E-state index contributed by atoms with van der Waals surface area (Å²) in [6, 6.07) is 7.51. The molecule has 0 spiro atoms. The second-order valence-electron chi connectivity index (χ2n) is 8.08. The molecule has 0 bridgehead atoms. The molecule has 32 heavy (non-hydrogen) atoms. The molecule has 0 atom stereocenters. The Hall–Kier alpha value is -3.86. The van der Waals surface area contributed by atoms with Crippen LogP contribution in [0.25, 0.3) is 5.82 Å². The average molecular weight is 437 g/mol. The number of carbonyl (C=O) groups excluding carboxylic acids is 1. The summed E-state index contributed by atoms with van der Waals surface area (Å²) in [5, 5.41) is 13.6. The van der Waals surface area contributed by atoms with E-state index in [1.165, 1.54) is 17.0 Å². The predicted molar refractivity (Wildman–Crippen MR) is 115 cm³/mol. The van der Waals surface area contributed by atoms with Gasteiger partial charge in [-0.3, -0.25) is 4.79 Å². The highest BCUT2D eigenvalue weighted by Gasteiger charge is 2.34. The maximum Gasteiger partial charge on any atom is 0.432 e. The number of hydrogen-bond donors (Lipinski definition) is 2. The van der Waals surface area contributed by atoms with Crippen molar-refractivity contribution in [1.29, 1.82) is 0 Å². The second kappa shape index (κ2) is 7.68. The topological polar surface area (TPSA) is 120 Å². The Kier molecular flexibility index (Phi) is 4.82. The molecular formula is C21H23N7O4. The van der Waals surface area contributed by atoms with Gasteiger partial charge in [0.1, 0.15) is 0 Å². The highest BCUT2D eigenvalue weighted by Crippen LogP contribution is 2.29. The Labute approximate surface area is 183 Å². The first kappa shape index (κ1) is 20.1. The van der Waals surface area contributed by atoms with Crippen molar-refractivity contribution in [2.45, 2.75) is 13.1 Å². The van der Waals surface area contributed by atoms with Crippen molar-refractivity contribution >= 4 is 17.7 Å². The van der Waals surface area contributed by atoms with Crippen LogP contribution in [0, 0.1) is 0 Å². The SMILES string of the molecule is CN1CCN(c2ccc(C(=O)N3Cc4c(-n5cc[nH]c5=O)nn(C(=O)O)c4C3)cc2)CC1. The summed E-state index contributed by atoms with van der Waals surface area (Å²) in [7, 11) is 2.11. The predicted octanol–water partition coefficient (Wildman–Crippen LogP) is 0.796. The van der Waals surface area contributed by atoms with E-state index in [0.29, 0.717) is 16.8 Å². The number of anilines is 1. The number of aromatic amines is 1. The number of H-pyrrole nitrogens is 1. The van der Waals surface area contributed by atoms with E-state index in [0.717, 1.165) is 36.5 Å². The van der Waals surface area contributed by atoms with Gasteiger partial charge in [-0.15, -0.1) is 5.10 Å². The molecule has 2 N–H and O–H groups in total. The van der Waals surface area contributed by atoms with E-state index in [9.17, 15) is 19.5 Å². The molecule has 5 rings (SSSR count). The van der Waals surface area contributed by atoms with Gasteiger partial charge in [-0.1, -0.05) is 0 Å². The van der Waals surface area contributed by atoms with Crippen LogP contribution in [-0.2, 0) is 13.1 Å². The van der Waals surface area contributed by atoms with Gasteiger partial charge in [0.25, 0.3) is 5.91 Å². The number of aromatic nitrogens is 4. The third-order valence-electron chi connectivity index (χ3n) is 6.09. The quantitative estimate of drug-likeness (QED) is 0.622. The smallest absolute Gasteiger partial charge is 0.432 e. The van der Waals surface area contributed by atoms with Gasteiger partial charge in [0.2, 0.25) is 0 Å². The monoisotopic (exact) mass is 437 g/mol. The van der Waals surface area contributed by atoms with E-state index in [1.54, 1.807) is 17.0 Å². The fourth-order valence-electron chi connectivity index (χ4n) is 4.27. The van der Waals surface area contributed by atoms with Crippen molar-refractivity contribution in [3.8, 4) is 5.82 Å². The minimum atomic E-state index is -1.26. The number of imidazole rings is 1. The van der Waals surface area contributed by atoms with Crippen molar-refractivity contribution in [3.05, 3.63) is 64.0 Å². The van der Waals surface area contributed by atoms with E-state index < -0.39 is 11.8 Å². The Balaban J connectivity index is 1.38. The lowest BCUT2D eigenvalue weighted by atomic mass is 10.1. The molecular weight excluding hydrogens is 414 g/mol. The molecule has 3 aromatic rings. The van der Waals surface area contributed by atoms with E-state index in [2.05, 4.69) is 26.9 Å². The fourth-order valence-corrected chi connectivity index (χ4v) is 4.27. The molecule has 0 aliphatic carbocycles. The van der Waals surface area contributed by atoms with Gasteiger partial charge in [0, 0.05) is 55.4 Å². The molecule has 11 heteroatoms. The minimum absolute atomic E-state index is 0.104. The average Bonchev–Trinajstić information content (AvgIpc) is 3.49. The zero-order chi connectivity index (χ0) is 22.4. The van der Waals surface area contributed by atoms with Crippen molar-refractivity contribution in [3.63, 3.8) is 0 Å². The number of nitrogens with zero attached hydrogens (tertiary/aromatic N) is 6. The van der Waals surface area contributed by atoms with Crippen molar-refractivity contribution < 1.29 is 14.7 Å². The molecule has 0 saturated carbocycles. The number of amides is 1. The molecule has 1 saturated heterocycles. The summed E-state index contributed by atoms with van der Waals surface area (Å²) >= 11 is 0. The van der Waals surface area contributed by atoms with Crippen LogP contribution in [0.1, 0.15) is 21.6 Å². The number of hydrogen-bond acceptors (Lipinski definition) is 6. The maximum absolute atomic E-state index is 13.1. The minimum Gasteiger partial charge on any atom is -0.463 e. The largest absolute Gasteiger partial charge is 0.463 e. The van der Waals surface area contributed by atoms with Gasteiger partial charge in [-0.25, -0.2) is 14.2 Å². The second-order valence-corrected chi connectivity index (χ2v) is 8.08. The lowest BCUT2D eigenvalue weighted by molar-refractivity contribution is 0.0747. The summed E-state index contributed by atoms with van der Waals surface area (Å²) in [4.78, 5) is 45.5. The van der Waals surface area contributed by atoms with Crippen LogP contribution in [0.5, 0.6) is 0 Å². The standard InChI is InChI=1S/C21H23N7O4/c1-24-8-10-25(11-9-24)15-4-2-14(3-5-15)19(29)26-12-16-17(13-26)28(21(31)32)23-18(16)27-7-6-22-20(27)30/h2-7H,8-13H2,1H3,(H,22,30)(H,31,32). The summed E-state index contributed by atoms with van der Waals surface area (Å²) in [6.07, 6.45) is 1.68. The molecule has 11 nitrogen and oxygen atoms in total. The number of carboxylic acid groups (broad SMARTS) is 1. The molecule has 1 fully saturated rings. The molecule has 0 unspecified atom stereocenters. The van der Waals surface area contributed by atoms with Gasteiger partial charge in [0.15, 0.2) is 5.82 Å². The molecule has 166 valence electrons. The van der Waals surface area contributed by atoms with Crippen molar-refractivity contribution in [2.75, 3.05) is 38.1 Å². The van der Waals surface area contributed by atoms with Crippen LogP contribution in [0.15, 0.2) is 41.5 Å². The molecule has 4 heterocycles. The lowest BCUT2D eigenvalue weighted by Gasteiger charge is -2.34. The van der Waals surface area contributed by atoms with Gasteiger partial charge in [-0.05, 0) is 31.3 Å². The fraction of sp³-hybridized carbons (Fsp3) is 0.333. The number of benzene rings is 1. The first-order valence-corrected chi connectivity index (χ1v) is 10.4. The summed E-state index contributed by atoms with van der Waals surface area (Å²) in [5.74, 6) is 0.0183. The molecule has 1 amide bonds. The van der Waals surface area contributed by atoms with Crippen LogP contribution in [0.3, 0.4) is 0 Å². The zero-order valence-corrected chi connectivity index (χ0v) is 17.6.